The number of likely N-dealkylation sites (tertiary alicyclic amines) is 1. The summed E-state index contributed by atoms with van der Waals surface area (Å²) in [6, 6.07) is -1.10. The first kappa shape index (κ1) is 15.8. The van der Waals surface area contributed by atoms with E-state index in [0.29, 0.717) is 6.54 Å². The fraction of sp³-hybridized carbons (Fsp3) is 0.800. The highest BCUT2D eigenvalue weighted by Gasteiger charge is 2.47. The first-order valence-electron chi connectivity index (χ1n) is 5.49. The molecule has 0 aromatic heterocycles. The maximum Gasteiger partial charge on any atom is 0.318 e. The van der Waals surface area contributed by atoms with E-state index < -0.39 is 30.3 Å². The monoisotopic (exact) mass is 251 g/mol. The van der Waals surface area contributed by atoms with E-state index in [1.165, 1.54) is 4.90 Å². The summed E-state index contributed by atoms with van der Waals surface area (Å²) in [5.74, 6) is -5.59. The predicted octanol–water partition coefficient (Wildman–Crippen LogP) is 0.794. The number of rotatable bonds is 1. The van der Waals surface area contributed by atoms with Crippen LogP contribution in [0.4, 0.5) is 13.6 Å². The molecule has 7 heteroatoms. The average molecular weight is 251 g/mol. The Bertz CT molecular complexity index is 285. The summed E-state index contributed by atoms with van der Waals surface area (Å²) in [6.45, 7) is 3.91. The van der Waals surface area contributed by atoms with Crippen LogP contribution >= 0.6 is 0 Å². The van der Waals surface area contributed by atoms with Crippen molar-refractivity contribution in [3.05, 3.63) is 0 Å². The van der Waals surface area contributed by atoms with Crippen LogP contribution in [0.3, 0.4) is 0 Å². The number of hydrogen-bond donors (Lipinski definition) is 2. The Kier molecular flexibility index (Phi) is 6.01. The summed E-state index contributed by atoms with van der Waals surface area (Å²) >= 11 is 0. The lowest BCUT2D eigenvalue weighted by Crippen LogP contribution is -2.53. The molecular weight excluding hydrogens is 232 g/mol. The van der Waals surface area contributed by atoms with Crippen LogP contribution in [0.5, 0.6) is 0 Å². The van der Waals surface area contributed by atoms with Crippen LogP contribution in [0.2, 0.25) is 0 Å². The number of nitrogens with one attached hydrogen (secondary N) is 1. The minimum atomic E-state index is -3.12. The first-order chi connectivity index (χ1) is 7.83. The van der Waals surface area contributed by atoms with E-state index in [4.69, 9.17) is 0 Å². The highest BCUT2D eigenvalue weighted by atomic mass is 19.3. The van der Waals surface area contributed by atoms with Crippen molar-refractivity contribution in [2.24, 2.45) is 11.7 Å². The molecule has 1 unspecified atom stereocenters. The number of urea groups is 1. The molecule has 1 heterocycles. The lowest BCUT2D eigenvalue weighted by molar-refractivity contribution is -0.148. The maximum atomic E-state index is 13.4. The van der Waals surface area contributed by atoms with E-state index in [1.54, 1.807) is 12.4 Å². The van der Waals surface area contributed by atoms with Crippen molar-refractivity contribution in [2.75, 3.05) is 20.1 Å². The van der Waals surface area contributed by atoms with Crippen molar-refractivity contribution >= 4 is 11.9 Å². The van der Waals surface area contributed by atoms with Crippen LogP contribution in [-0.2, 0) is 4.79 Å². The molecule has 1 saturated heterocycles. The van der Waals surface area contributed by atoms with E-state index in [2.05, 4.69) is 5.73 Å². The number of nitrogens with two attached hydrogens (primary N) is 1. The topological polar surface area (TPSA) is 75.4 Å². The smallest absolute Gasteiger partial charge is 0.318 e. The van der Waals surface area contributed by atoms with Crippen molar-refractivity contribution in [2.45, 2.75) is 26.2 Å². The van der Waals surface area contributed by atoms with Gasteiger partial charge < -0.3 is 10.6 Å². The Morgan fingerprint density at radius 3 is 2.35 bits per heavy atom. The second-order valence-corrected chi connectivity index (χ2v) is 3.69. The van der Waals surface area contributed by atoms with Gasteiger partial charge in [-0.2, -0.15) is 0 Å². The molecule has 3 N–H and O–H groups in total. The van der Waals surface area contributed by atoms with Gasteiger partial charge in [0.2, 0.25) is 5.91 Å². The van der Waals surface area contributed by atoms with Crippen LogP contribution in [0.25, 0.3) is 0 Å². The molecule has 100 valence electrons. The van der Waals surface area contributed by atoms with Gasteiger partial charge in [-0.1, -0.05) is 13.8 Å². The molecule has 1 atom stereocenters. The summed E-state index contributed by atoms with van der Waals surface area (Å²) in [6.07, 6.45) is 0.0165. The van der Waals surface area contributed by atoms with Gasteiger partial charge in [-0.25, -0.2) is 13.6 Å². The van der Waals surface area contributed by atoms with Gasteiger partial charge in [-0.3, -0.25) is 10.1 Å². The van der Waals surface area contributed by atoms with Gasteiger partial charge >= 0.3 is 6.03 Å². The first-order valence-corrected chi connectivity index (χ1v) is 5.49. The summed E-state index contributed by atoms with van der Waals surface area (Å²) < 4.78 is 26.7. The molecule has 0 saturated carbocycles. The fourth-order valence-electron chi connectivity index (χ4n) is 1.64. The number of imide groups is 1. The molecule has 0 radical (unpaired) electrons. The molecule has 0 aromatic rings. The minimum Gasteiger partial charge on any atom is -0.351 e. The molecule has 3 amide bonds. The van der Waals surface area contributed by atoms with Gasteiger partial charge in [-0.05, 0) is 20.0 Å². The number of amides is 3. The standard InChI is InChI=1S/C8H13F2N3O2.C2H6/c1-13-3-2-5(8(9,10)4-13)6(14)12-7(11)15;1-2/h5H,2-4H2,1H3,(H3,11,12,14,15);1-2H3. The highest BCUT2D eigenvalue weighted by molar-refractivity contribution is 5.95. The highest BCUT2D eigenvalue weighted by Crippen LogP contribution is 2.32. The average Bonchev–Trinajstić information content (AvgIpc) is 2.17. The van der Waals surface area contributed by atoms with Crippen molar-refractivity contribution in [1.82, 2.24) is 10.2 Å². The third-order valence-electron chi connectivity index (χ3n) is 2.35. The molecule has 1 aliphatic rings. The SMILES string of the molecule is CC.CN1CCC(C(=O)NC(N)=O)C(F)(F)C1. The molecule has 0 spiro atoms. The quantitative estimate of drug-likeness (QED) is 0.723. The van der Waals surface area contributed by atoms with Gasteiger partial charge in [0.05, 0.1) is 6.54 Å². The molecule has 0 aliphatic carbocycles. The normalized spacial score (nSPS) is 23.2. The zero-order valence-electron chi connectivity index (χ0n) is 10.3. The summed E-state index contributed by atoms with van der Waals surface area (Å²) in [7, 11) is 1.55. The number of halogens is 2. The van der Waals surface area contributed by atoms with Crippen molar-refractivity contribution in [3.8, 4) is 0 Å². The van der Waals surface area contributed by atoms with E-state index in [9.17, 15) is 18.4 Å². The summed E-state index contributed by atoms with van der Waals surface area (Å²) in [5.41, 5.74) is 4.69. The number of carbonyl (C=O) groups is 2. The molecule has 1 fully saturated rings. The van der Waals surface area contributed by atoms with Crippen molar-refractivity contribution < 1.29 is 18.4 Å². The van der Waals surface area contributed by atoms with Crippen LogP contribution in [0.1, 0.15) is 20.3 Å². The van der Waals surface area contributed by atoms with Crippen molar-refractivity contribution in [1.29, 1.82) is 0 Å². The number of piperidine rings is 1. The van der Waals surface area contributed by atoms with Gasteiger partial charge in [0.15, 0.2) is 0 Å². The predicted molar refractivity (Wildman–Crippen MR) is 59.6 cm³/mol. The fourth-order valence-corrected chi connectivity index (χ4v) is 1.64. The number of primary amides is 1. The van der Waals surface area contributed by atoms with Crippen LogP contribution in [0, 0.1) is 5.92 Å². The largest absolute Gasteiger partial charge is 0.351 e. The Morgan fingerprint density at radius 1 is 1.41 bits per heavy atom. The van der Waals surface area contributed by atoms with E-state index in [0.717, 1.165) is 0 Å². The molecule has 1 aliphatic heterocycles. The zero-order chi connectivity index (χ0) is 13.6. The van der Waals surface area contributed by atoms with Crippen LogP contribution in [-0.4, -0.2) is 42.9 Å². The molecule has 17 heavy (non-hydrogen) atoms. The minimum absolute atomic E-state index is 0.0165. The number of hydrogen-bond acceptors (Lipinski definition) is 3. The third-order valence-corrected chi connectivity index (χ3v) is 2.35. The lowest BCUT2D eigenvalue weighted by atomic mass is 9.92. The molecular formula is C10H19F2N3O2. The van der Waals surface area contributed by atoms with Gasteiger partial charge in [0.1, 0.15) is 5.92 Å². The molecule has 0 bridgehead atoms. The van der Waals surface area contributed by atoms with Gasteiger partial charge in [0, 0.05) is 0 Å². The van der Waals surface area contributed by atoms with E-state index in [1.807, 2.05) is 13.8 Å². The number of carbonyl (C=O) groups excluding carboxylic acids is 2. The number of nitrogens with zero attached hydrogens (tertiary/aromatic N) is 1. The second kappa shape index (κ2) is 6.48. The second-order valence-electron chi connectivity index (χ2n) is 3.69. The summed E-state index contributed by atoms with van der Waals surface area (Å²) in [4.78, 5) is 23.0. The van der Waals surface area contributed by atoms with Gasteiger partial charge in [0.25, 0.3) is 5.92 Å². The Hall–Kier alpha value is -1.24. The zero-order valence-corrected chi connectivity index (χ0v) is 10.3. The Balaban J connectivity index is 0.00000121. The van der Waals surface area contributed by atoms with Crippen LogP contribution in [0.15, 0.2) is 0 Å². The lowest BCUT2D eigenvalue weighted by Gasteiger charge is -2.35. The Labute approximate surface area is 99.3 Å². The Morgan fingerprint density at radius 2 is 1.94 bits per heavy atom. The van der Waals surface area contributed by atoms with Gasteiger partial charge in [-0.15, -0.1) is 0 Å². The summed E-state index contributed by atoms with van der Waals surface area (Å²) in [5, 5.41) is 1.68. The van der Waals surface area contributed by atoms with Crippen molar-refractivity contribution in [3.63, 3.8) is 0 Å². The molecule has 5 nitrogen and oxygen atoms in total. The van der Waals surface area contributed by atoms with E-state index >= 15 is 0 Å². The number of alkyl halides is 2. The molecule has 0 aromatic carbocycles. The van der Waals surface area contributed by atoms with E-state index in [-0.39, 0.29) is 6.42 Å². The maximum absolute atomic E-state index is 13.4. The van der Waals surface area contributed by atoms with Crippen LogP contribution < -0.4 is 11.1 Å². The third kappa shape index (κ3) is 4.64. The molecule has 1 rings (SSSR count).